The van der Waals surface area contributed by atoms with E-state index in [9.17, 15) is 4.79 Å². The van der Waals surface area contributed by atoms with Crippen LogP contribution in [0, 0.1) is 0 Å². The quantitative estimate of drug-likeness (QED) is 0.802. The number of rotatable bonds is 4. The summed E-state index contributed by atoms with van der Waals surface area (Å²) in [4.78, 5) is 18.9. The molecule has 3 rings (SSSR count). The lowest BCUT2D eigenvalue weighted by atomic mass is 10.1. The summed E-state index contributed by atoms with van der Waals surface area (Å²) < 4.78 is 10.9. The van der Waals surface area contributed by atoms with Crippen LogP contribution in [0.4, 0.5) is 0 Å². The third-order valence-corrected chi connectivity index (χ3v) is 4.31. The molecule has 2 saturated heterocycles. The molecular weight excluding hydrogens is 270 g/mol. The van der Waals surface area contributed by atoms with E-state index < -0.39 is 0 Å². The largest absolute Gasteiger partial charge is 0.472 e. The minimum atomic E-state index is 0.0364. The Hall–Kier alpha value is -1.37. The van der Waals surface area contributed by atoms with E-state index in [-0.39, 0.29) is 12.0 Å². The Morgan fingerprint density at radius 1 is 1.43 bits per heavy atom. The number of hydrogen-bond donors (Lipinski definition) is 0. The highest BCUT2D eigenvalue weighted by atomic mass is 16.5. The fourth-order valence-corrected chi connectivity index (χ4v) is 3.10. The van der Waals surface area contributed by atoms with E-state index in [2.05, 4.69) is 23.9 Å². The number of likely N-dealkylation sites (N-methyl/N-ethyl adjacent to an activating group) is 1. The van der Waals surface area contributed by atoms with E-state index in [0.29, 0.717) is 18.2 Å². The van der Waals surface area contributed by atoms with Crippen molar-refractivity contribution in [2.45, 2.75) is 12.1 Å². The molecule has 0 aliphatic carbocycles. The van der Waals surface area contributed by atoms with Crippen molar-refractivity contribution in [1.29, 1.82) is 0 Å². The van der Waals surface area contributed by atoms with Gasteiger partial charge in [-0.15, -0.1) is 0 Å². The van der Waals surface area contributed by atoms with Crippen LogP contribution in [0.3, 0.4) is 0 Å². The number of likely N-dealkylation sites (tertiary alicyclic amines) is 1. The molecule has 1 amide bonds. The van der Waals surface area contributed by atoms with Gasteiger partial charge in [-0.2, -0.15) is 0 Å². The second kappa shape index (κ2) is 6.17. The molecule has 0 aromatic carbocycles. The normalized spacial score (nSPS) is 26.3. The molecule has 6 nitrogen and oxygen atoms in total. The van der Waals surface area contributed by atoms with Gasteiger partial charge in [-0.3, -0.25) is 9.69 Å². The topological polar surface area (TPSA) is 49.2 Å². The summed E-state index contributed by atoms with van der Waals surface area (Å²) in [5.74, 6) is 0.0364. The molecule has 21 heavy (non-hydrogen) atoms. The maximum Gasteiger partial charge on any atom is 0.257 e. The summed E-state index contributed by atoms with van der Waals surface area (Å²) in [5.41, 5.74) is 0.619. The monoisotopic (exact) mass is 293 g/mol. The summed E-state index contributed by atoms with van der Waals surface area (Å²) >= 11 is 0. The number of ether oxygens (including phenoxy) is 1. The molecule has 116 valence electrons. The van der Waals surface area contributed by atoms with Gasteiger partial charge >= 0.3 is 0 Å². The van der Waals surface area contributed by atoms with Gasteiger partial charge in [0, 0.05) is 32.7 Å². The first-order valence-corrected chi connectivity index (χ1v) is 7.47. The van der Waals surface area contributed by atoms with Gasteiger partial charge in [-0.05, 0) is 20.2 Å². The molecule has 0 spiro atoms. The van der Waals surface area contributed by atoms with Crippen molar-refractivity contribution in [3.05, 3.63) is 24.2 Å². The molecule has 6 heteroatoms. The number of carbonyl (C=O) groups is 1. The highest BCUT2D eigenvalue weighted by Gasteiger charge is 2.41. The van der Waals surface area contributed by atoms with E-state index in [4.69, 9.17) is 9.15 Å². The first-order valence-electron chi connectivity index (χ1n) is 7.47. The molecule has 0 radical (unpaired) electrons. The fraction of sp³-hybridized carbons (Fsp3) is 0.667. The average molecular weight is 293 g/mol. The van der Waals surface area contributed by atoms with Gasteiger partial charge in [0.25, 0.3) is 5.91 Å². The molecule has 0 bridgehead atoms. The predicted molar refractivity (Wildman–Crippen MR) is 78.3 cm³/mol. The van der Waals surface area contributed by atoms with Crippen molar-refractivity contribution < 1.29 is 13.9 Å². The Morgan fingerprint density at radius 3 is 3.00 bits per heavy atom. The van der Waals surface area contributed by atoms with E-state index in [1.54, 1.807) is 6.07 Å². The van der Waals surface area contributed by atoms with Crippen LogP contribution in [-0.4, -0.2) is 86.2 Å². The molecule has 2 aliphatic rings. The van der Waals surface area contributed by atoms with Crippen molar-refractivity contribution >= 4 is 5.91 Å². The number of hydrogen-bond acceptors (Lipinski definition) is 5. The summed E-state index contributed by atoms with van der Waals surface area (Å²) in [5, 5.41) is 0. The molecule has 3 heterocycles. The second-order valence-electron chi connectivity index (χ2n) is 6.04. The molecule has 2 fully saturated rings. The van der Waals surface area contributed by atoms with Gasteiger partial charge in [0.15, 0.2) is 0 Å². The Kier molecular flexibility index (Phi) is 4.28. The third kappa shape index (κ3) is 3.12. The second-order valence-corrected chi connectivity index (χ2v) is 6.04. The minimum absolute atomic E-state index is 0.0364. The van der Waals surface area contributed by atoms with Crippen LogP contribution in [0.5, 0.6) is 0 Å². The van der Waals surface area contributed by atoms with Crippen LogP contribution in [0.25, 0.3) is 0 Å². The summed E-state index contributed by atoms with van der Waals surface area (Å²) in [6.07, 6.45) is 3.18. The fourth-order valence-electron chi connectivity index (χ4n) is 3.10. The predicted octanol–water partition coefficient (Wildman–Crippen LogP) is 0.366. The summed E-state index contributed by atoms with van der Waals surface area (Å²) in [7, 11) is 4.17. The molecule has 0 saturated carbocycles. The lowest BCUT2D eigenvalue weighted by Gasteiger charge is -2.37. The highest BCUT2D eigenvalue weighted by molar-refractivity contribution is 5.94. The van der Waals surface area contributed by atoms with Gasteiger partial charge < -0.3 is 19.0 Å². The zero-order valence-corrected chi connectivity index (χ0v) is 12.7. The lowest BCUT2D eigenvalue weighted by Crippen LogP contribution is -2.52. The van der Waals surface area contributed by atoms with Gasteiger partial charge in [0.05, 0.1) is 30.6 Å². The Labute approximate surface area is 125 Å². The highest BCUT2D eigenvalue weighted by Crippen LogP contribution is 2.24. The third-order valence-electron chi connectivity index (χ3n) is 4.31. The number of nitrogens with zero attached hydrogens (tertiary/aromatic N) is 3. The van der Waals surface area contributed by atoms with Crippen molar-refractivity contribution in [2.75, 3.05) is 53.4 Å². The van der Waals surface area contributed by atoms with Crippen molar-refractivity contribution in [3.8, 4) is 0 Å². The van der Waals surface area contributed by atoms with Gasteiger partial charge in [-0.1, -0.05) is 0 Å². The maximum absolute atomic E-state index is 12.4. The zero-order valence-electron chi connectivity index (χ0n) is 12.7. The Balaban J connectivity index is 1.64. The van der Waals surface area contributed by atoms with Crippen LogP contribution in [-0.2, 0) is 4.74 Å². The van der Waals surface area contributed by atoms with Crippen LogP contribution >= 0.6 is 0 Å². The number of carbonyl (C=O) groups excluding carboxylic acids is 1. The van der Waals surface area contributed by atoms with Crippen LogP contribution in [0.15, 0.2) is 23.0 Å². The summed E-state index contributed by atoms with van der Waals surface area (Å²) in [6.45, 7) is 5.16. The Morgan fingerprint density at radius 2 is 2.29 bits per heavy atom. The SMILES string of the molecule is CN(C)CCN1CCO[C@@H]2CN(C(=O)c3ccoc3)C[C@@H]21. The van der Waals surface area contributed by atoms with E-state index in [0.717, 1.165) is 32.8 Å². The van der Waals surface area contributed by atoms with E-state index in [1.165, 1.54) is 12.5 Å². The van der Waals surface area contributed by atoms with E-state index >= 15 is 0 Å². The molecule has 2 atom stereocenters. The smallest absolute Gasteiger partial charge is 0.257 e. The van der Waals surface area contributed by atoms with Gasteiger partial charge in [-0.25, -0.2) is 0 Å². The van der Waals surface area contributed by atoms with Crippen LogP contribution in [0.1, 0.15) is 10.4 Å². The molecule has 0 unspecified atom stereocenters. The average Bonchev–Trinajstić information content (AvgIpc) is 3.13. The molecule has 1 aromatic rings. The molecule has 1 aromatic heterocycles. The number of furan rings is 1. The number of morpholine rings is 1. The van der Waals surface area contributed by atoms with Gasteiger partial charge in [0.1, 0.15) is 6.26 Å². The minimum Gasteiger partial charge on any atom is -0.472 e. The lowest BCUT2D eigenvalue weighted by molar-refractivity contribution is -0.0482. The molecule has 2 aliphatic heterocycles. The standard InChI is InChI=1S/C15H23N3O3/c1-16(2)4-5-17-6-8-21-14-10-18(9-13(14)17)15(19)12-3-7-20-11-12/h3,7,11,13-14H,4-6,8-10H2,1-2H3/t13-,14+/m0/s1. The molecule has 0 N–H and O–H groups in total. The van der Waals surface area contributed by atoms with E-state index in [1.807, 2.05) is 4.90 Å². The van der Waals surface area contributed by atoms with Crippen LogP contribution < -0.4 is 0 Å². The zero-order chi connectivity index (χ0) is 14.8. The van der Waals surface area contributed by atoms with Crippen LogP contribution in [0.2, 0.25) is 0 Å². The molecular formula is C15H23N3O3. The van der Waals surface area contributed by atoms with Crippen molar-refractivity contribution in [1.82, 2.24) is 14.7 Å². The van der Waals surface area contributed by atoms with Gasteiger partial charge in [0.2, 0.25) is 0 Å². The first-order chi connectivity index (χ1) is 10.1. The van der Waals surface area contributed by atoms with Crippen molar-refractivity contribution in [3.63, 3.8) is 0 Å². The Bertz CT molecular complexity index is 475. The summed E-state index contributed by atoms with van der Waals surface area (Å²) in [6, 6.07) is 2.03. The maximum atomic E-state index is 12.4. The van der Waals surface area contributed by atoms with Crippen molar-refractivity contribution in [2.24, 2.45) is 0 Å². The number of fused-ring (bicyclic) bond motifs is 1. The number of amides is 1. The first kappa shape index (κ1) is 14.6.